The lowest BCUT2D eigenvalue weighted by Gasteiger charge is -2.24. The zero-order valence-electron chi connectivity index (χ0n) is 13.0. The van der Waals surface area contributed by atoms with Crippen molar-refractivity contribution in [3.8, 4) is 0 Å². The average Bonchev–Trinajstić information content (AvgIpc) is 3.18. The van der Waals surface area contributed by atoms with Gasteiger partial charge >= 0.3 is 0 Å². The Morgan fingerprint density at radius 1 is 1.50 bits per heavy atom. The number of nitrogens with one attached hydrogen (secondary N) is 2. The number of rotatable bonds is 6. The molecule has 1 saturated heterocycles. The summed E-state index contributed by atoms with van der Waals surface area (Å²) < 4.78 is 19.0. The highest BCUT2D eigenvalue weighted by atomic mass is 19.1. The fourth-order valence-electron chi connectivity index (χ4n) is 3.01. The molecule has 7 heteroatoms. The predicted molar refractivity (Wildman–Crippen MR) is 80.0 cm³/mol. The van der Waals surface area contributed by atoms with Gasteiger partial charge in [0.15, 0.2) is 0 Å². The molecule has 120 valence electrons. The van der Waals surface area contributed by atoms with Crippen LogP contribution in [0, 0.1) is 13.8 Å². The van der Waals surface area contributed by atoms with E-state index in [0.29, 0.717) is 26.1 Å². The normalized spacial score (nSPS) is 22.5. The number of aromatic nitrogens is 3. The van der Waals surface area contributed by atoms with Gasteiger partial charge in [-0.25, -0.2) is 9.37 Å². The molecule has 0 aliphatic carbocycles. The largest absolute Gasteiger partial charge is 0.361 e. The molecule has 1 fully saturated rings. The Morgan fingerprint density at radius 2 is 2.36 bits per heavy atom. The second kappa shape index (κ2) is 6.58. The standard InChI is InChI=1S/C15H22FN5O/c1-10-14(11(2)22-20-10)9-21-8-12(16)5-13(21)6-17-7-15-18-3-4-19-15/h3-4,12-13,17H,5-9H2,1-2H3,(H,18,19)/t12-,13-/m0/s1. The van der Waals surface area contributed by atoms with Gasteiger partial charge in [-0.1, -0.05) is 5.16 Å². The molecule has 6 nitrogen and oxygen atoms in total. The first kappa shape index (κ1) is 15.2. The maximum Gasteiger partial charge on any atom is 0.138 e. The van der Waals surface area contributed by atoms with Crippen LogP contribution in [0.25, 0.3) is 0 Å². The summed E-state index contributed by atoms with van der Waals surface area (Å²) in [6.45, 7) is 6.40. The lowest BCUT2D eigenvalue weighted by atomic mass is 10.1. The van der Waals surface area contributed by atoms with Gasteiger partial charge < -0.3 is 14.8 Å². The Balaban J connectivity index is 1.57. The van der Waals surface area contributed by atoms with Crippen LogP contribution in [0.3, 0.4) is 0 Å². The van der Waals surface area contributed by atoms with E-state index in [1.54, 1.807) is 12.4 Å². The molecule has 0 saturated carbocycles. The minimum Gasteiger partial charge on any atom is -0.361 e. The number of aromatic amines is 1. The Morgan fingerprint density at radius 3 is 3.05 bits per heavy atom. The van der Waals surface area contributed by atoms with Crippen molar-refractivity contribution in [2.75, 3.05) is 13.1 Å². The van der Waals surface area contributed by atoms with E-state index < -0.39 is 6.17 Å². The van der Waals surface area contributed by atoms with E-state index >= 15 is 0 Å². The van der Waals surface area contributed by atoms with Crippen LogP contribution in [0.1, 0.15) is 29.3 Å². The van der Waals surface area contributed by atoms with E-state index in [1.807, 2.05) is 13.8 Å². The first-order chi connectivity index (χ1) is 10.6. The first-order valence-corrected chi connectivity index (χ1v) is 7.62. The number of hydrogen-bond donors (Lipinski definition) is 2. The molecule has 2 aromatic rings. The van der Waals surface area contributed by atoms with Crippen molar-refractivity contribution in [3.05, 3.63) is 35.2 Å². The van der Waals surface area contributed by atoms with Crippen molar-refractivity contribution < 1.29 is 8.91 Å². The van der Waals surface area contributed by atoms with Crippen LogP contribution >= 0.6 is 0 Å². The fourth-order valence-corrected chi connectivity index (χ4v) is 3.01. The molecule has 0 aromatic carbocycles. The molecule has 0 amide bonds. The van der Waals surface area contributed by atoms with Gasteiger partial charge in [-0.15, -0.1) is 0 Å². The van der Waals surface area contributed by atoms with E-state index in [-0.39, 0.29) is 6.04 Å². The van der Waals surface area contributed by atoms with Crippen molar-refractivity contribution in [1.29, 1.82) is 0 Å². The second-order valence-corrected chi connectivity index (χ2v) is 5.89. The molecule has 0 spiro atoms. The van der Waals surface area contributed by atoms with Gasteiger partial charge in [-0.3, -0.25) is 4.90 Å². The Hall–Kier alpha value is -1.73. The Kier molecular flexibility index (Phi) is 4.54. The van der Waals surface area contributed by atoms with E-state index in [2.05, 4.69) is 25.3 Å². The molecular weight excluding hydrogens is 285 g/mol. The summed E-state index contributed by atoms with van der Waals surface area (Å²) in [4.78, 5) is 9.40. The number of imidazole rings is 1. The molecule has 2 N–H and O–H groups in total. The maximum absolute atomic E-state index is 13.8. The quantitative estimate of drug-likeness (QED) is 0.850. The molecule has 1 aliphatic heterocycles. The van der Waals surface area contributed by atoms with Gasteiger partial charge in [0, 0.05) is 43.6 Å². The predicted octanol–water partition coefficient (Wildman–Crippen LogP) is 1.72. The monoisotopic (exact) mass is 307 g/mol. The number of halogens is 1. The topological polar surface area (TPSA) is 70.0 Å². The van der Waals surface area contributed by atoms with Gasteiger partial charge in [0.1, 0.15) is 17.8 Å². The van der Waals surface area contributed by atoms with Gasteiger partial charge in [-0.05, 0) is 20.3 Å². The van der Waals surface area contributed by atoms with Crippen molar-refractivity contribution in [2.45, 2.75) is 45.6 Å². The fraction of sp³-hybridized carbons (Fsp3) is 0.600. The summed E-state index contributed by atoms with van der Waals surface area (Å²) in [6, 6.07) is 0.179. The summed E-state index contributed by atoms with van der Waals surface area (Å²) in [5, 5.41) is 7.32. The highest BCUT2D eigenvalue weighted by molar-refractivity contribution is 5.21. The smallest absolute Gasteiger partial charge is 0.138 e. The Labute approximate surface area is 129 Å². The van der Waals surface area contributed by atoms with Crippen LogP contribution in [0.2, 0.25) is 0 Å². The highest BCUT2D eigenvalue weighted by Gasteiger charge is 2.32. The minimum atomic E-state index is -0.768. The van der Waals surface area contributed by atoms with Crippen molar-refractivity contribution in [1.82, 2.24) is 25.3 Å². The van der Waals surface area contributed by atoms with Crippen molar-refractivity contribution >= 4 is 0 Å². The summed E-state index contributed by atoms with van der Waals surface area (Å²) in [5.41, 5.74) is 1.97. The van der Waals surface area contributed by atoms with Crippen LogP contribution < -0.4 is 5.32 Å². The molecule has 3 heterocycles. The van der Waals surface area contributed by atoms with E-state index in [1.165, 1.54) is 0 Å². The molecular formula is C15H22FN5O. The molecule has 3 rings (SSSR count). The molecule has 1 aliphatic rings. The summed E-state index contributed by atoms with van der Waals surface area (Å²) >= 11 is 0. The van der Waals surface area contributed by atoms with E-state index in [4.69, 9.17) is 4.52 Å². The molecule has 0 unspecified atom stereocenters. The molecule has 2 atom stereocenters. The van der Waals surface area contributed by atoms with Crippen LogP contribution in [0.15, 0.2) is 16.9 Å². The summed E-state index contributed by atoms with van der Waals surface area (Å²) in [7, 11) is 0. The maximum atomic E-state index is 13.8. The number of hydrogen-bond acceptors (Lipinski definition) is 5. The lowest BCUT2D eigenvalue weighted by molar-refractivity contribution is 0.228. The van der Waals surface area contributed by atoms with E-state index in [0.717, 1.165) is 29.4 Å². The SMILES string of the molecule is Cc1noc(C)c1CN1C[C@@H](F)C[C@H]1CNCc1ncc[nH]1. The lowest BCUT2D eigenvalue weighted by Crippen LogP contribution is -2.37. The minimum absolute atomic E-state index is 0.179. The van der Waals surface area contributed by atoms with Gasteiger partial charge in [0.25, 0.3) is 0 Å². The van der Waals surface area contributed by atoms with Gasteiger partial charge in [0.05, 0.1) is 12.2 Å². The molecule has 2 aromatic heterocycles. The third kappa shape index (κ3) is 3.36. The number of alkyl halides is 1. The zero-order chi connectivity index (χ0) is 15.5. The molecule has 0 bridgehead atoms. The van der Waals surface area contributed by atoms with Crippen LogP contribution in [-0.2, 0) is 13.1 Å². The van der Waals surface area contributed by atoms with Gasteiger partial charge in [0.2, 0.25) is 0 Å². The highest BCUT2D eigenvalue weighted by Crippen LogP contribution is 2.24. The molecule has 0 radical (unpaired) electrons. The van der Waals surface area contributed by atoms with Gasteiger partial charge in [-0.2, -0.15) is 0 Å². The number of nitrogens with zero attached hydrogens (tertiary/aromatic N) is 3. The number of H-pyrrole nitrogens is 1. The number of likely N-dealkylation sites (tertiary alicyclic amines) is 1. The third-order valence-electron chi connectivity index (χ3n) is 4.25. The first-order valence-electron chi connectivity index (χ1n) is 7.62. The summed E-state index contributed by atoms with van der Waals surface area (Å²) in [6.07, 6.45) is 3.33. The second-order valence-electron chi connectivity index (χ2n) is 5.89. The Bertz CT molecular complexity index is 578. The van der Waals surface area contributed by atoms with Crippen molar-refractivity contribution in [2.24, 2.45) is 0 Å². The summed E-state index contributed by atoms with van der Waals surface area (Å²) in [5.74, 6) is 1.72. The molecule has 22 heavy (non-hydrogen) atoms. The van der Waals surface area contributed by atoms with Crippen LogP contribution in [-0.4, -0.2) is 45.3 Å². The average molecular weight is 307 g/mol. The van der Waals surface area contributed by atoms with Crippen molar-refractivity contribution in [3.63, 3.8) is 0 Å². The third-order valence-corrected chi connectivity index (χ3v) is 4.25. The van der Waals surface area contributed by atoms with E-state index in [9.17, 15) is 4.39 Å². The van der Waals surface area contributed by atoms with Crippen LogP contribution in [0.5, 0.6) is 0 Å². The number of aryl methyl sites for hydroxylation is 2. The zero-order valence-corrected chi connectivity index (χ0v) is 13.0. The van der Waals surface area contributed by atoms with Crippen LogP contribution in [0.4, 0.5) is 4.39 Å².